The van der Waals surface area contributed by atoms with Crippen LogP contribution in [0.1, 0.15) is 5.56 Å². The first-order valence-electron chi connectivity index (χ1n) is 4.69. The molecule has 0 amide bonds. The molecule has 0 aliphatic heterocycles. The Kier molecular flexibility index (Phi) is 3.59. The highest BCUT2D eigenvalue weighted by atomic mass is 35.5. The third-order valence-corrected chi connectivity index (χ3v) is 2.63. The van der Waals surface area contributed by atoms with Crippen LogP contribution < -0.4 is 5.32 Å². The molecule has 16 heavy (non-hydrogen) atoms. The van der Waals surface area contributed by atoms with Crippen LogP contribution in [0.4, 0.5) is 5.82 Å². The van der Waals surface area contributed by atoms with Crippen LogP contribution >= 0.6 is 23.2 Å². The lowest BCUT2D eigenvalue weighted by atomic mass is 10.2. The summed E-state index contributed by atoms with van der Waals surface area (Å²) >= 11 is 11.8. The van der Waals surface area contributed by atoms with E-state index in [1.54, 1.807) is 30.7 Å². The van der Waals surface area contributed by atoms with Crippen molar-refractivity contribution in [2.75, 3.05) is 5.32 Å². The van der Waals surface area contributed by atoms with Gasteiger partial charge in [0, 0.05) is 29.0 Å². The fraction of sp³-hybridized carbons (Fsp3) is 0.0909. The first-order chi connectivity index (χ1) is 7.75. The molecular formula is C11H9Cl2N3. The second-order valence-corrected chi connectivity index (χ2v) is 4.02. The maximum atomic E-state index is 6.04. The predicted octanol–water partition coefficient (Wildman–Crippen LogP) is 3.40. The summed E-state index contributed by atoms with van der Waals surface area (Å²) in [5, 5.41) is 4.40. The van der Waals surface area contributed by atoms with E-state index in [1.165, 1.54) is 0 Å². The van der Waals surface area contributed by atoms with Crippen molar-refractivity contribution < 1.29 is 0 Å². The fourth-order valence-electron chi connectivity index (χ4n) is 1.24. The maximum absolute atomic E-state index is 6.04. The second-order valence-electron chi connectivity index (χ2n) is 3.18. The van der Waals surface area contributed by atoms with E-state index in [2.05, 4.69) is 15.3 Å². The van der Waals surface area contributed by atoms with E-state index in [-0.39, 0.29) is 0 Å². The Morgan fingerprint density at radius 2 is 2.06 bits per heavy atom. The van der Waals surface area contributed by atoms with Gasteiger partial charge in [-0.15, -0.1) is 0 Å². The zero-order valence-electron chi connectivity index (χ0n) is 8.32. The van der Waals surface area contributed by atoms with Crippen molar-refractivity contribution in [3.05, 3.63) is 52.4 Å². The van der Waals surface area contributed by atoms with Crippen molar-refractivity contribution in [2.45, 2.75) is 6.54 Å². The van der Waals surface area contributed by atoms with Crippen LogP contribution in [0.5, 0.6) is 0 Å². The number of aromatic nitrogens is 2. The molecule has 0 atom stereocenters. The van der Waals surface area contributed by atoms with Gasteiger partial charge in [-0.1, -0.05) is 29.3 Å². The number of hydrogen-bond acceptors (Lipinski definition) is 3. The Bertz CT molecular complexity index is 474. The summed E-state index contributed by atoms with van der Waals surface area (Å²) in [6.07, 6.45) is 4.91. The van der Waals surface area contributed by atoms with Gasteiger partial charge in [-0.3, -0.25) is 4.98 Å². The van der Waals surface area contributed by atoms with Gasteiger partial charge in [0.1, 0.15) is 5.82 Å². The van der Waals surface area contributed by atoms with Crippen LogP contribution in [-0.2, 0) is 6.54 Å². The molecular weight excluding hydrogens is 245 g/mol. The largest absolute Gasteiger partial charge is 0.365 e. The molecule has 0 bridgehead atoms. The fourth-order valence-corrected chi connectivity index (χ4v) is 1.72. The van der Waals surface area contributed by atoms with Crippen molar-refractivity contribution in [3.63, 3.8) is 0 Å². The molecule has 1 heterocycles. The number of nitrogens with one attached hydrogen (secondary N) is 1. The van der Waals surface area contributed by atoms with E-state index in [1.807, 2.05) is 6.07 Å². The standard InChI is InChI=1S/C11H9Cl2N3/c12-9-2-1-8(10(13)5-9)6-16-11-7-14-3-4-15-11/h1-5,7H,6H2,(H,15,16). The van der Waals surface area contributed by atoms with Gasteiger partial charge in [0.05, 0.1) is 6.20 Å². The molecule has 0 aliphatic carbocycles. The van der Waals surface area contributed by atoms with Crippen LogP contribution in [0.15, 0.2) is 36.8 Å². The smallest absolute Gasteiger partial charge is 0.144 e. The van der Waals surface area contributed by atoms with E-state index in [0.29, 0.717) is 22.4 Å². The zero-order valence-corrected chi connectivity index (χ0v) is 9.83. The third kappa shape index (κ3) is 2.84. The summed E-state index contributed by atoms with van der Waals surface area (Å²) in [5.41, 5.74) is 0.969. The highest BCUT2D eigenvalue weighted by Crippen LogP contribution is 2.21. The number of halogens is 2. The Morgan fingerprint density at radius 1 is 1.19 bits per heavy atom. The Hall–Kier alpha value is -1.32. The van der Waals surface area contributed by atoms with Gasteiger partial charge in [-0.05, 0) is 17.7 Å². The summed E-state index contributed by atoms with van der Waals surface area (Å²) in [5.74, 6) is 0.716. The minimum atomic E-state index is 0.592. The molecule has 1 aromatic carbocycles. The number of hydrogen-bond donors (Lipinski definition) is 1. The van der Waals surface area contributed by atoms with Crippen molar-refractivity contribution in [1.29, 1.82) is 0 Å². The van der Waals surface area contributed by atoms with E-state index >= 15 is 0 Å². The topological polar surface area (TPSA) is 37.8 Å². The van der Waals surface area contributed by atoms with Gasteiger partial charge >= 0.3 is 0 Å². The highest BCUT2D eigenvalue weighted by Gasteiger charge is 2.01. The molecule has 1 N–H and O–H groups in total. The number of nitrogens with zero attached hydrogens (tertiary/aromatic N) is 2. The molecule has 0 saturated carbocycles. The molecule has 82 valence electrons. The molecule has 0 spiro atoms. The van der Waals surface area contributed by atoms with E-state index < -0.39 is 0 Å². The lowest BCUT2D eigenvalue weighted by Crippen LogP contribution is -2.01. The molecule has 3 nitrogen and oxygen atoms in total. The minimum absolute atomic E-state index is 0.592. The quantitative estimate of drug-likeness (QED) is 0.912. The molecule has 2 aromatic rings. The lowest BCUT2D eigenvalue weighted by Gasteiger charge is -2.06. The van der Waals surface area contributed by atoms with Crippen LogP contribution in [0, 0.1) is 0 Å². The van der Waals surface area contributed by atoms with Gasteiger partial charge in [0.2, 0.25) is 0 Å². The van der Waals surface area contributed by atoms with E-state index in [9.17, 15) is 0 Å². The SMILES string of the molecule is Clc1ccc(CNc2cnccn2)c(Cl)c1. The number of rotatable bonds is 3. The van der Waals surface area contributed by atoms with Gasteiger partial charge in [-0.25, -0.2) is 4.98 Å². The molecule has 1 aromatic heterocycles. The van der Waals surface area contributed by atoms with Crippen molar-refractivity contribution >= 4 is 29.0 Å². The Balaban J connectivity index is 2.05. The Morgan fingerprint density at radius 3 is 2.75 bits per heavy atom. The van der Waals surface area contributed by atoms with Crippen molar-refractivity contribution in [2.24, 2.45) is 0 Å². The molecule has 5 heteroatoms. The van der Waals surface area contributed by atoms with Crippen molar-refractivity contribution in [3.8, 4) is 0 Å². The molecule has 2 rings (SSSR count). The summed E-state index contributed by atoms with van der Waals surface area (Å²) in [7, 11) is 0. The van der Waals surface area contributed by atoms with Crippen molar-refractivity contribution in [1.82, 2.24) is 9.97 Å². The Labute approximate surface area is 103 Å². The summed E-state index contributed by atoms with van der Waals surface area (Å²) in [4.78, 5) is 8.05. The highest BCUT2D eigenvalue weighted by molar-refractivity contribution is 6.35. The second kappa shape index (κ2) is 5.14. The van der Waals surface area contributed by atoms with Gasteiger partial charge in [0.25, 0.3) is 0 Å². The lowest BCUT2D eigenvalue weighted by molar-refractivity contribution is 1.09. The molecule has 0 saturated heterocycles. The average Bonchev–Trinajstić information content (AvgIpc) is 2.29. The first kappa shape index (κ1) is 11.2. The normalized spacial score (nSPS) is 10.1. The van der Waals surface area contributed by atoms with Crippen LogP contribution in [0.3, 0.4) is 0 Å². The maximum Gasteiger partial charge on any atom is 0.144 e. The minimum Gasteiger partial charge on any atom is -0.365 e. The van der Waals surface area contributed by atoms with E-state index in [4.69, 9.17) is 23.2 Å². The average molecular weight is 254 g/mol. The summed E-state index contributed by atoms with van der Waals surface area (Å²) in [6, 6.07) is 5.41. The van der Waals surface area contributed by atoms with E-state index in [0.717, 1.165) is 5.56 Å². The van der Waals surface area contributed by atoms with Crippen LogP contribution in [0.25, 0.3) is 0 Å². The monoisotopic (exact) mass is 253 g/mol. The van der Waals surface area contributed by atoms with Crippen LogP contribution in [0.2, 0.25) is 10.0 Å². The van der Waals surface area contributed by atoms with Gasteiger partial charge < -0.3 is 5.32 Å². The number of anilines is 1. The summed E-state index contributed by atoms with van der Waals surface area (Å²) < 4.78 is 0. The summed E-state index contributed by atoms with van der Waals surface area (Å²) in [6.45, 7) is 0.592. The molecule has 0 aliphatic rings. The number of benzene rings is 1. The molecule has 0 unspecified atom stereocenters. The predicted molar refractivity (Wildman–Crippen MR) is 65.8 cm³/mol. The van der Waals surface area contributed by atoms with Crippen LogP contribution in [-0.4, -0.2) is 9.97 Å². The third-order valence-electron chi connectivity index (χ3n) is 2.04. The molecule has 0 fully saturated rings. The molecule has 0 radical (unpaired) electrons. The first-order valence-corrected chi connectivity index (χ1v) is 5.45. The zero-order chi connectivity index (χ0) is 11.4. The van der Waals surface area contributed by atoms with Gasteiger partial charge in [-0.2, -0.15) is 0 Å². The van der Waals surface area contributed by atoms with Gasteiger partial charge in [0.15, 0.2) is 0 Å².